The van der Waals surface area contributed by atoms with Crippen molar-refractivity contribution in [2.45, 2.75) is 6.04 Å². The van der Waals surface area contributed by atoms with E-state index in [1.54, 1.807) is 30.3 Å². The van der Waals surface area contributed by atoms with Gasteiger partial charge >= 0.3 is 5.97 Å². The normalized spacial score (nSPS) is 11.6. The minimum atomic E-state index is -1.27. The van der Waals surface area contributed by atoms with Crippen LogP contribution < -0.4 is 5.32 Å². The second-order valence-corrected chi connectivity index (χ2v) is 5.25. The molecular weight excluding hydrogens is 341 g/mol. The molecule has 1 N–H and O–H groups in total. The molecule has 0 saturated carbocycles. The molecule has 0 bridgehead atoms. The van der Waals surface area contributed by atoms with Crippen LogP contribution in [0.4, 0.5) is 4.39 Å². The van der Waals surface area contributed by atoms with E-state index in [4.69, 9.17) is 9.15 Å². The number of ether oxygens (including phenoxy) is 1. The second kappa shape index (κ2) is 7.56. The summed E-state index contributed by atoms with van der Waals surface area (Å²) in [6, 6.07) is 12.5. The molecule has 1 amide bonds. The number of hydrogen-bond acceptors (Lipinski definition) is 6. The number of methoxy groups -OCH3 is 1. The first-order valence-electron chi connectivity index (χ1n) is 7.61. The number of carbonyl (C=O) groups is 2. The van der Waals surface area contributed by atoms with E-state index in [1.165, 1.54) is 31.4 Å². The van der Waals surface area contributed by atoms with Crippen molar-refractivity contribution in [3.05, 3.63) is 71.9 Å². The smallest absolute Gasteiger partial charge is 0.338 e. The number of aromatic nitrogens is 2. The van der Waals surface area contributed by atoms with Crippen LogP contribution >= 0.6 is 0 Å². The first kappa shape index (κ1) is 17.3. The van der Waals surface area contributed by atoms with Gasteiger partial charge in [0.25, 0.3) is 11.8 Å². The molecule has 0 spiro atoms. The highest BCUT2D eigenvalue weighted by atomic mass is 19.1. The summed E-state index contributed by atoms with van der Waals surface area (Å²) in [4.78, 5) is 24.4. The van der Waals surface area contributed by atoms with Crippen LogP contribution in [0.3, 0.4) is 0 Å². The zero-order valence-electron chi connectivity index (χ0n) is 13.7. The van der Waals surface area contributed by atoms with Gasteiger partial charge in [0.1, 0.15) is 5.82 Å². The summed E-state index contributed by atoms with van der Waals surface area (Å²) in [5.74, 6) is -1.72. The largest absolute Gasteiger partial charge is 0.467 e. The van der Waals surface area contributed by atoms with Crippen molar-refractivity contribution in [3.63, 3.8) is 0 Å². The maximum absolute atomic E-state index is 13.0. The number of nitrogens with zero attached hydrogens (tertiary/aromatic N) is 2. The lowest BCUT2D eigenvalue weighted by Gasteiger charge is -2.12. The van der Waals surface area contributed by atoms with Gasteiger partial charge in [0.05, 0.1) is 7.11 Å². The lowest BCUT2D eigenvalue weighted by molar-refractivity contribution is -0.143. The van der Waals surface area contributed by atoms with Gasteiger partial charge in [-0.2, -0.15) is 0 Å². The summed E-state index contributed by atoms with van der Waals surface area (Å²) >= 11 is 0. The molecule has 132 valence electrons. The zero-order valence-corrected chi connectivity index (χ0v) is 13.7. The van der Waals surface area contributed by atoms with E-state index in [9.17, 15) is 14.0 Å². The van der Waals surface area contributed by atoms with Gasteiger partial charge in [0.15, 0.2) is 0 Å². The highest BCUT2D eigenvalue weighted by molar-refractivity contribution is 5.96. The highest BCUT2D eigenvalue weighted by Crippen LogP contribution is 2.22. The van der Waals surface area contributed by atoms with E-state index in [1.807, 2.05) is 0 Å². The number of nitrogens with one attached hydrogen (secondary N) is 1. The maximum Gasteiger partial charge on any atom is 0.338 e. The Morgan fingerprint density at radius 3 is 2.42 bits per heavy atom. The van der Waals surface area contributed by atoms with Crippen molar-refractivity contribution in [2.75, 3.05) is 7.11 Å². The molecule has 7 nitrogen and oxygen atoms in total. The van der Waals surface area contributed by atoms with E-state index in [-0.39, 0.29) is 11.8 Å². The van der Waals surface area contributed by atoms with Crippen LogP contribution in [0.15, 0.2) is 59.0 Å². The van der Waals surface area contributed by atoms with E-state index in [0.717, 1.165) is 0 Å². The molecule has 1 aromatic heterocycles. The van der Waals surface area contributed by atoms with Crippen LogP contribution in [0.1, 0.15) is 22.3 Å². The molecule has 0 aliphatic heterocycles. The van der Waals surface area contributed by atoms with Crippen LogP contribution in [-0.2, 0) is 9.53 Å². The molecule has 26 heavy (non-hydrogen) atoms. The summed E-state index contributed by atoms with van der Waals surface area (Å²) in [5.41, 5.74) is 0.836. The van der Waals surface area contributed by atoms with Gasteiger partial charge in [-0.1, -0.05) is 18.2 Å². The number of hydrogen-bond donors (Lipinski definition) is 1. The van der Waals surface area contributed by atoms with Gasteiger partial charge in [0.2, 0.25) is 11.9 Å². The molecule has 1 unspecified atom stereocenters. The monoisotopic (exact) mass is 355 g/mol. The SMILES string of the molecule is COC(=O)C(NC(=O)c1ccccc1)c1nnc(-c2ccc(F)cc2)o1. The number of amides is 1. The molecule has 1 heterocycles. The Bertz CT molecular complexity index is 910. The molecule has 0 fully saturated rings. The Hall–Kier alpha value is -3.55. The Balaban J connectivity index is 1.85. The Morgan fingerprint density at radius 1 is 1.08 bits per heavy atom. The number of benzene rings is 2. The number of rotatable bonds is 5. The predicted molar refractivity (Wildman–Crippen MR) is 88.4 cm³/mol. The summed E-state index contributed by atoms with van der Waals surface area (Å²) < 4.78 is 23.2. The van der Waals surface area contributed by atoms with Crippen molar-refractivity contribution in [3.8, 4) is 11.5 Å². The van der Waals surface area contributed by atoms with Crippen molar-refractivity contribution >= 4 is 11.9 Å². The molecule has 8 heteroatoms. The Morgan fingerprint density at radius 2 is 1.77 bits per heavy atom. The third-order valence-electron chi connectivity index (χ3n) is 3.53. The first-order chi connectivity index (χ1) is 12.6. The number of halogens is 1. The molecule has 0 aliphatic rings. The first-order valence-corrected chi connectivity index (χ1v) is 7.61. The van der Waals surface area contributed by atoms with Crippen molar-refractivity contribution < 1.29 is 23.1 Å². The van der Waals surface area contributed by atoms with Gasteiger partial charge in [-0.05, 0) is 36.4 Å². The molecule has 3 aromatic rings. The lowest BCUT2D eigenvalue weighted by atomic mass is 10.2. The van der Waals surface area contributed by atoms with Crippen molar-refractivity contribution in [2.24, 2.45) is 0 Å². The Kier molecular flexibility index (Phi) is 5.02. The van der Waals surface area contributed by atoms with Gasteiger partial charge in [-0.15, -0.1) is 10.2 Å². The zero-order chi connectivity index (χ0) is 18.5. The number of esters is 1. The van der Waals surface area contributed by atoms with E-state index >= 15 is 0 Å². The fourth-order valence-corrected chi connectivity index (χ4v) is 2.20. The molecule has 1 atom stereocenters. The summed E-state index contributed by atoms with van der Waals surface area (Å²) in [6.07, 6.45) is 0. The van der Waals surface area contributed by atoms with Crippen LogP contribution in [0.5, 0.6) is 0 Å². The van der Waals surface area contributed by atoms with Crippen LogP contribution in [0.25, 0.3) is 11.5 Å². The molecule has 0 saturated heterocycles. The van der Waals surface area contributed by atoms with Gasteiger partial charge < -0.3 is 14.5 Å². The molecule has 0 aliphatic carbocycles. The van der Waals surface area contributed by atoms with E-state index < -0.39 is 23.7 Å². The highest BCUT2D eigenvalue weighted by Gasteiger charge is 2.30. The van der Waals surface area contributed by atoms with Crippen molar-refractivity contribution in [1.29, 1.82) is 0 Å². The van der Waals surface area contributed by atoms with Gasteiger partial charge in [0, 0.05) is 11.1 Å². The van der Waals surface area contributed by atoms with Crippen molar-refractivity contribution in [1.82, 2.24) is 15.5 Å². The van der Waals surface area contributed by atoms with Gasteiger partial charge in [-0.3, -0.25) is 4.79 Å². The summed E-state index contributed by atoms with van der Waals surface area (Å²) in [6.45, 7) is 0. The van der Waals surface area contributed by atoms with Crippen LogP contribution in [-0.4, -0.2) is 29.2 Å². The van der Waals surface area contributed by atoms with Crippen LogP contribution in [0.2, 0.25) is 0 Å². The number of carbonyl (C=O) groups excluding carboxylic acids is 2. The topological polar surface area (TPSA) is 94.3 Å². The van der Waals surface area contributed by atoms with E-state index in [2.05, 4.69) is 15.5 Å². The quantitative estimate of drug-likeness (QED) is 0.707. The molecular formula is C18H14FN3O4. The fourth-order valence-electron chi connectivity index (χ4n) is 2.20. The lowest BCUT2D eigenvalue weighted by Crippen LogP contribution is -2.34. The van der Waals surface area contributed by atoms with Crippen LogP contribution in [0, 0.1) is 5.82 Å². The molecule has 2 aromatic carbocycles. The third-order valence-corrected chi connectivity index (χ3v) is 3.53. The minimum absolute atomic E-state index is 0.0860. The summed E-state index contributed by atoms with van der Waals surface area (Å²) in [7, 11) is 1.18. The standard InChI is InChI=1S/C18H14FN3O4/c1-25-18(24)14(20-15(23)11-5-3-2-4-6-11)17-22-21-16(26-17)12-7-9-13(19)10-8-12/h2-10,14H,1H3,(H,20,23). The third kappa shape index (κ3) is 3.75. The average Bonchev–Trinajstić information content (AvgIpc) is 3.16. The van der Waals surface area contributed by atoms with E-state index in [0.29, 0.717) is 11.1 Å². The average molecular weight is 355 g/mol. The van der Waals surface area contributed by atoms with Gasteiger partial charge in [-0.25, -0.2) is 9.18 Å². The summed E-state index contributed by atoms with van der Waals surface area (Å²) in [5, 5.41) is 10.1. The minimum Gasteiger partial charge on any atom is -0.467 e. The maximum atomic E-state index is 13.0. The second-order valence-electron chi connectivity index (χ2n) is 5.25. The fraction of sp³-hybridized carbons (Fsp3) is 0.111. The molecule has 0 radical (unpaired) electrons. The predicted octanol–water partition coefficient (Wildman–Crippen LogP) is 2.52. The molecule has 3 rings (SSSR count). The Labute approximate surface area is 147 Å².